The highest BCUT2D eigenvalue weighted by Crippen LogP contribution is 2.22. The van der Waals surface area contributed by atoms with Crippen molar-refractivity contribution in [3.8, 4) is 0 Å². The standard InChI is InChI=1S/C11H10BrClN4O2/c1-2-19-11(18)10-14-15-16-17(10)6-7-3-4-8(12)5-9(7)13/h3-5H,2,6H2,1H3. The molecular formula is C11H10BrClN4O2. The van der Waals surface area contributed by atoms with Crippen LogP contribution in [-0.4, -0.2) is 32.8 Å². The summed E-state index contributed by atoms with van der Waals surface area (Å²) in [4.78, 5) is 11.6. The van der Waals surface area contributed by atoms with Crippen molar-refractivity contribution in [2.24, 2.45) is 0 Å². The summed E-state index contributed by atoms with van der Waals surface area (Å²) < 4.78 is 7.10. The van der Waals surface area contributed by atoms with Gasteiger partial charge in [-0.2, -0.15) is 0 Å². The van der Waals surface area contributed by atoms with E-state index in [2.05, 4.69) is 31.5 Å². The maximum absolute atomic E-state index is 11.6. The fourth-order valence-electron chi connectivity index (χ4n) is 1.46. The zero-order valence-corrected chi connectivity index (χ0v) is 12.3. The summed E-state index contributed by atoms with van der Waals surface area (Å²) in [6.07, 6.45) is 0. The molecule has 0 saturated heterocycles. The predicted molar refractivity (Wildman–Crippen MR) is 72.0 cm³/mol. The number of rotatable bonds is 4. The van der Waals surface area contributed by atoms with E-state index in [9.17, 15) is 4.79 Å². The minimum atomic E-state index is -0.555. The fourth-order valence-corrected chi connectivity index (χ4v) is 2.20. The minimum Gasteiger partial charge on any atom is -0.460 e. The van der Waals surface area contributed by atoms with E-state index in [1.54, 1.807) is 13.0 Å². The molecule has 6 nitrogen and oxygen atoms in total. The van der Waals surface area contributed by atoms with E-state index in [0.717, 1.165) is 10.0 Å². The number of carbonyl (C=O) groups excluding carboxylic acids is 1. The number of aromatic nitrogens is 4. The fraction of sp³-hybridized carbons (Fsp3) is 0.273. The molecule has 0 spiro atoms. The molecule has 2 aromatic rings. The first-order valence-corrected chi connectivity index (χ1v) is 6.66. The molecule has 2 rings (SSSR count). The van der Waals surface area contributed by atoms with Crippen molar-refractivity contribution in [3.63, 3.8) is 0 Å². The third kappa shape index (κ3) is 3.30. The normalized spacial score (nSPS) is 10.5. The topological polar surface area (TPSA) is 69.9 Å². The molecule has 0 radical (unpaired) electrons. The zero-order chi connectivity index (χ0) is 13.8. The largest absolute Gasteiger partial charge is 0.460 e. The van der Waals surface area contributed by atoms with Crippen LogP contribution in [0.3, 0.4) is 0 Å². The van der Waals surface area contributed by atoms with Crippen molar-refractivity contribution < 1.29 is 9.53 Å². The van der Waals surface area contributed by atoms with Gasteiger partial charge in [0.05, 0.1) is 13.2 Å². The van der Waals surface area contributed by atoms with Gasteiger partial charge in [0, 0.05) is 9.50 Å². The molecule has 0 aliphatic carbocycles. The van der Waals surface area contributed by atoms with Crippen LogP contribution in [0.4, 0.5) is 0 Å². The summed E-state index contributed by atoms with van der Waals surface area (Å²) >= 11 is 9.44. The van der Waals surface area contributed by atoms with Crippen molar-refractivity contribution >= 4 is 33.5 Å². The van der Waals surface area contributed by atoms with Gasteiger partial charge in [0.1, 0.15) is 0 Å². The first-order valence-electron chi connectivity index (χ1n) is 5.49. The monoisotopic (exact) mass is 344 g/mol. The van der Waals surface area contributed by atoms with Gasteiger partial charge in [-0.25, -0.2) is 9.48 Å². The van der Waals surface area contributed by atoms with E-state index in [0.29, 0.717) is 11.6 Å². The molecule has 0 unspecified atom stereocenters. The Morgan fingerprint density at radius 2 is 2.32 bits per heavy atom. The third-order valence-corrected chi connectivity index (χ3v) is 3.17. The first-order chi connectivity index (χ1) is 9.11. The molecule has 1 aromatic carbocycles. The molecule has 0 N–H and O–H groups in total. The van der Waals surface area contributed by atoms with E-state index in [-0.39, 0.29) is 12.4 Å². The second-order valence-electron chi connectivity index (χ2n) is 3.62. The molecule has 0 saturated carbocycles. The number of hydrogen-bond acceptors (Lipinski definition) is 5. The van der Waals surface area contributed by atoms with Gasteiger partial charge < -0.3 is 4.74 Å². The summed E-state index contributed by atoms with van der Waals surface area (Å²) in [5.41, 5.74) is 0.808. The van der Waals surface area contributed by atoms with Gasteiger partial charge in [-0.05, 0) is 35.0 Å². The van der Waals surface area contributed by atoms with Gasteiger partial charge in [-0.1, -0.05) is 33.6 Å². The number of esters is 1. The van der Waals surface area contributed by atoms with E-state index in [1.165, 1.54) is 4.68 Å². The molecule has 0 fully saturated rings. The van der Waals surface area contributed by atoms with Crippen LogP contribution in [0.1, 0.15) is 23.1 Å². The van der Waals surface area contributed by atoms with E-state index >= 15 is 0 Å². The molecule has 0 bridgehead atoms. The average molecular weight is 346 g/mol. The van der Waals surface area contributed by atoms with Gasteiger partial charge in [0.2, 0.25) is 0 Å². The first kappa shape index (κ1) is 14.0. The number of tetrazole rings is 1. The van der Waals surface area contributed by atoms with E-state index in [4.69, 9.17) is 16.3 Å². The Hall–Kier alpha value is -1.47. The van der Waals surface area contributed by atoms with Crippen LogP contribution in [0, 0.1) is 0 Å². The van der Waals surface area contributed by atoms with E-state index < -0.39 is 5.97 Å². The van der Waals surface area contributed by atoms with Crippen LogP contribution in [-0.2, 0) is 11.3 Å². The molecule has 0 amide bonds. The number of benzene rings is 1. The van der Waals surface area contributed by atoms with Crippen LogP contribution in [0.5, 0.6) is 0 Å². The van der Waals surface area contributed by atoms with Gasteiger partial charge in [-0.15, -0.1) is 5.10 Å². The van der Waals surface area contributed by atoms with Gasteiger partial charge in [0.15, 0.2) is 0 Å². The number of ether oxygens (including phenoxy) is 1. The van der Waals surface area contributed by atoms with E-state index in [1.807, 2.05) is 12.1 Å². The molecule has 19 heavy (non-hydrogen) atoms. The van der Waals surface area contributed by atoms with Crippen molar-refractivity contribution in [2.45, 2.75) is 13.5 Å². The Morgan fingerprint density at radius 3 is 3.00 bits per heavy atom. The summed E-state index contributed by atoms with van der Waals surface area (Å²) in [5, 5.41) is 11.5. The molecule has 8 heteroatoms. The SMILES string of the molecule is CCOC(=O)c1nnnn1Cc1ccc(Br)cc1Cl. The lowest BCUT2D eigenvalue weighted by molar-refractivity contribution is 0.0505. The second-order valence-corrected chi connectivity index (χ2v) is 4.94. The third-order valence-electron chi connectivity index (χ3n) is 2.33. The lowest BCUT2D eigenvalue weighted by atomic mass is 10.2. The summed E-state index contributed by atoms with van der Waals surface area (Å²) in [7, 11) is 0. The molecule has 0 atom stereocenters. The lowest BCUT2D eigenvalue weighted by Gasteiger charge is -2.06. The van der Waals surface area contributed by atoms with Crippen LogP contribution >= 0.6 is 27.5 Å². The van der Waals surface area contributed by atoms with Crippen LogP contribution in [0.15, 0.2) is 22.7 Å². The Bertz CT molecular complexity index is 602. The number of halogens is 2. The quantitative estimate of drug-likeness (QED) is 0.795. The summed E-state index contributed by atoms with van der Waals surface area (Å²) in [6, 6.07) is 5.46. The molecule has 1 aromatic heterocycles. The van der Waals surface area contributed by atoms with Crippen molar-refractivity contribution in [3.05, 3.63) is 39.1 Å². The average Bonchev–Trinajstić information content (AvgIpc) is 2.81. The second kappa shape index (κ2) is 6.12. The smallest absolute Gasteiger partial charge is 0.378 e. The van der Waals surface area contributed by atoms with Gasteiger partial charge in [-0.3, -0.25) is 0 Å². The summed E-state index contributed by atoms with van der Waals surface area (Å²) in [5.74, 6) is -0.499. The van der Waals surface area contributed by atoms with Crippen molar-refractivity contribution in [2.75, 3.05) is 6.61 Å². The Morgan fingerprint density at radius 1 is 1.53 bits per heavy atom. The minimum absolute atomic E-state index is 0.0563. The molecular weight excluding hydrogens is 336 g/mol. The highest BCUT2D eigenvalue weighted by molar-refractivity contribution is 9.10. The highest BCUT2D eigenvalue weighted by Gasteiger charge is 2.17. The molecule has 0 aliphatic heterocycles. The van der Waals surface area contributed by atoms with Crippen LogP contribution in [0.25, 0.3) is 0 Å². The van der Waals surface area contributed by atoms with Crippen molar-refractivity contribution in [1.29, 1.82) is 0 Å². The van der Waals surface area contributed by atoms with Crippen LogP contribution < -0.4 is 0 Å². The molecule has 1 heterocycles. The van der Waals surface area contributed by atoms with Crippen LogP contribution in [0.2, 0.25) is 5.02 Å². The number of nitrogens with zero attached hydrogens (tertiary/aromatic N) is 4. The lowest BCUT2D eigenvalue weighted by Crippen LogP contribution is -2.15. The predicted octanol–water partition coefficient (Wildman–Crippen LogP) is 2.31. The summed E-state index contributed by atoms with van der Waals surface area (Å²) in [6.45, 7) is 2.29. The molecule has 0 aliphatic rings. The Kier molecular flexibility index (Phi) is 4.49. The maximum Gasteiger partial charge on any atom is 0.378 e. The Labute approximate surface area is 122 Å². The maximum atomic E-state index is 11.6. The number of hydrogen-bond donors (Lipinski definition) is 0. The highest BCUT2D eigenvalue weighted by atomic mass is 79.9. The number of carbonyl (C=O) groups is 1. The van der Waals surface area contributed by atoms with Gasteiger partial charge in [0.25, 0.3) is 5.82 Å². The molecule has 100 valence electrons. The van der Waals surface area contributed by atoms with Gasteiger partial charge >= 0.3 is 5.97 Å². The van der Waals surface area contributed by atoms with Crippen molar-refractivity contribution in [1.82, 2.24) is 20.2 Å². The Balaban J connectivity index is 2.24. The zero-order valence-electron chi connectivity index (χ0n) is 10.0.